The van der Waals surface area contributed by atoms with E-state index >= 15 is 0 Å². The Kier molecular flexibility index (Phi) is 6.32. The van der Waals surface area contributed by atoms with Crippen molar-refractivity contribution in [3.8, 4) is 0 Å². The van der Waals surface area contributed by atoms with Crippen LogP contribution in [0.2, 0.25) is 0 Å². The van der Waals surface area contributed by atoms with Crippen LogP contribution in [0.3, 0.4) is 0 Å². The molecular formula is C19H22N2O2S. The summed E-state index contributed by atoms with van der Waals surface area (Å²) < 4.78 is 5.07. The van der Waals surface area contributed by atoms with Gasteiger partial charge in [-0.15, -0.1) is 0 Å². The SMILES string of the molecule is CCOC(=O)c1cccc(NC(=S)NCc2ccccc2C)c1C. The third-order valence-electron chi connectivity index (χ3n) is 3.78. The zero-order valence-electron chi connectivity index (χ0n) is 14.2. The highest BCUT2D eigenvalue weighted by atomic mass is 32.1. The van der Waals surface area contributed by atoms with Crippen LogP contribution in [0.5, 0.6) is 0 Å². The van der Waals surface area contributed by atoms with E-state index in [0.717, 1.165) is 11.3 Å². The molecule has 0 aliphatic rings. The summed E-state index contributed by atoms with van der Waals surface area (Å²) in [7, 11) is 0. The van der Waals surface area contributed by atoms with E-state index < -0.39 is 0 Å². The molecule has 2 N–H and O–H groups in total. The van der Waals surface area contributed by atoms with Gasteiger partial charge < -0.3 is 15.4 Å². The molecule has 2 aromatic rings. The third kappa shape index (κ3) is 4.55. The average Bonchev–Trinajstić information content (AvgIpc) is 2.56. The fraction of sp³-hybridized carbons (Fsp3) is 0.263. The standard InChI is InChI=1S/C19H22N2O2S/c1-4-23-18(22)16-10-7-11-17(14(16)3)21-19(24)20-12-15-9-6-5-8-13(15)2/h5-11H,4,12H2,1-3H3,(H2,20,21,24). The summed E-state index contributed by atoms with van der Waals surface area (Å²) in [5.41, 5.74) is 4.56. The van der Waals surface area contributed by atoms with Gasteiger partial charge in [0.25, 0.3) is 0 Å². The highest BCUT2D eigenvalue weighted by molar-refractivity contribution is 7.80. The van der Waals surface area contributed by atoms with Crippen LogP contribution in [0, 0.1) is 13.8 Å². The van der Waals surface area contributed by atoms with Crippen LogP contribution in [0.4, 0.5) is 5.69 Å². The van der Waals surface area contributed by atoms with E-state index in [9.17, 15) is 4.79 Å². The Morgan fingerprint density at radius 2 is 1.88 bits per heavy atom. The largest absolute Gasteiger partial charge is 0.462 e. The average molecular weight is 342 g/mol. The second kappa shape index (κ2) is 8.45. The van der Waals surface area contributed by atoms with E-state index in [4.69, 9.17) is 17.0 Å². The predicted molar refractivity (Wildman–Crippen MR) is 101 cm³/mol. The number of thiocarbonyl (C=S) groups is 1. The first-order valence-corrected chi connectivity index (χ1v) is 8.29. The van der Waals surface area contributed by atoms with Crippen LogP contribution >= 0.6 is 12.2 Å². The quantitative estimate of drug-likeness (QED) is 0.636. The molecule has 126 valence electrons. The summed E-state index contributed by atoms with van der Waals surface area (Å²) in [5.74, 6) is -0.322. The molecule has 0 unspecified atom stereocenters. The van der Waals surface area contributed by atoms with E-state index in [1.807, 2.05) is 31.2 Å². The molecular weight excluding hydrogens is 320 g/mol. The Balaban J connectivity index is 2.03. The summed E-state index contributed by atoms with van der Waals surface area (Å²) >= 11 is 5.36. The summed E-state index contributed by atoms with van der Waals surface area (Å²) in [6.45, 7) is 6.74. The van der Waals surface area contributed by atoms with Gasteiger partial charge >= 0.3 is 5.97 Å². The number of ether oxygens (including phenoxy) is 1. The van der Waals surface area contributed by atoms with Gasteiger partial charge in [0.2, 0.25) is 0 Å². The van der Waals surface area contributed by atoms with Crippen LogP contribution in [0.1, 0.15) is 34.0 Å². The number of nitrogens with one attached hydrogen (secondary N) is 2. The maximum atomic E-state index is 12.0. The van der Waals surface area contributed by atoms with Crippen molar-refractivity contribution in [2.75, 3.05) is 11.9 Å². The second-order valence-electron chi connectivity index (χ2n) is 5.43. The zero-order valence-corrected chi connectivity index (χ0v) is 15.0. The van der Waals surface area contributed by atoms with Crippen LogP contribution in [0.25, 0.3) is 0 Å². The lowest BCUT2D eigenvalue weighted by molar-refractivity contribution is 0.0525. The molecule has 0 aliphatic carbocycles. The number of hydrogen-bond donors (Lipinski definition) is 2. The number of anilines is 1. The van der Waals surface area contributed by atoms with Crippen molar-refractivity contribution in [3.05, 3.63) is 64.7 Å². The van der Waals surface area contributed by atoms with Crippen LogP contribution < -0.4 is 10.6 Å². The number of carbonyl (C=O) groups is 1. The second-order valence-corrected chi connectivity index (χ2v) is 5.84. The van der Waals surface area contributed by atoms with E-state index in [-0.39, 0.29) is 5.97 Å². The minimum atomic E-state index is -0.322. The molecule has 0 bridgehead atoms. The monoisotopic (exact) mass is 342 g/mol. The fourth-order valence-corrected chi connectivity index (χ4v) is 2.53. The van der Waals surface area contributed by atoms with Crippen LogP contribution in [-0.4, -0.2) is 17.7 Å². The molecule has 4 nitrogen and oxygen atoms in total. The van der Waals surface area contributed by atoms with Crippen molar-refractivity contribution in [3.63, 3.8) is 0 Å². The molecule has 24 heavy (non-hydrogen) atoms. The van der Waals surface area contributed by atoms with Crippen molar-refractivity contribution in [1.29, 1.82) is 0 Å². The van der Waals surface area contributed by atoms with Gasteiger partial charge in [-0.25, -0.2) is 4.79 Å². The number of carbonyl (C=O) groups excluding carboxylic acids is 1. The van der Waals surface area contributed by atoms with Gasteiger partial charge in [-0.1, -0.05) is 30.3 Å². The number of benzene rings is 2. The van der Waals surface area contributed by atoms with Crippen molar-refractivity contribution < 1.29 is 9.53 Å². The Labute approximate surface area is 148 Å². The highest BCUT2D eigenvalue weighted by Crippen LogP contribution is 2.20. The van der Waals surface area contributed by atoms with Crippen LogP contribution in [-0.2, 0) is 11.3 Å². The lowest BCUT2D eigenvalue weighted by atomic mass is 10.1. The van der Waals surface area contributed by atoms with E-state index in [2.05, 4.69) is 29.7 Å². The Morgan fingerprint density at radius 3 is 2.58 bits per heavy atom. The molecule has 0 radical (unpaired) electrons. The Hall–Kier alpha value is -2.40. The topological polar surface area (TPSA) is 50.4 Å². The first-order valence-electron chi connectivity index (χ1n) is 7.89. The smallest absolute Gasteiger partial charge is 0.338 e. The molecule has 0 aromatic heterocycles. The number of hydrogen-bond acceptors (Lipinski definition) is 3. The van der Waals surface area contributed by atoms with Crippen molar-refractivity contribution in [2.45, 2.75) is 27.3 Å². The number of rotatable bonds is 5. The molecule has 5 heteroatoms. The first-order chi connectivity index (χ1) is 11.5. The zero-order chi connectivity index (χ0) is 17.5. The molecule has 0 atom stereocenters. The molecule has 0 amide bonds. The summed E-state index contributed by atoms with van der Waals surface area (Å²) in [5, 5.41) is 6.86. The molecule has 2 aromatic carbocycles. The highest BCUT2D eigenvalue weighted by Gasteiger charge is 2.13. The van der Waals surface area contributed by atoms with Crippen molar-refractivity contribution in [1.82, 2.24) is 5.32 Å². The summed E-state index contributed by atoms with van der Waals surface area (Å²) in [4.78, 5) is 12.0. The van der Waals surface area contributed by atoms with Gasteiger partial charge in [0, 0.05) is 12.2 Å². The minimum Gasteiger partial charge on any atom is -0.462 e. The Bertz CT molecular complexity index is 744. The van der Waals surface area contributed by atoms with Gasteiger partial charge in [-0.05, 0) is 61.8 Å². The van der Waals surface area contributed by atoms with Gasteiger partial charge in [0.15, 0.2) is 5.11 Å². The molecule has 0 spiro atoms. The number of esters is 1. The van der Waals surface area contributed by atoms with E-state index in [0.29, 0.717) is 23.8 Å². The molecule has 0 fully saturated rings. The third-order valence-corrected chi connectivity index (χ3v) is 4.02. The summed E-state index contributed by atoms with van der Waals surface area (Å²) in [6.07, 6.45) is 0. The predicted octanol–water partition coefficient (Wildman–Crippen LogP) is 3.97. The fourth-order valence-electron chi connectivity index (χ4n) is 2.35. The van der Waals surface area contributed by atoms with Crippen LogP contribution in [0.15, 0.2) is 42.5 Å². The van der Waals surface area contributed by atoms with E-state index in [1.54, 1.807) is 13.0 Å². The number of aryl methyl sites for hydroxylation is 1. The van der Waals surface area contributed by atoms with Gasteiger partial charge in [0.1, 0.15) is 0 Å². The van der Waals surface area contributed by atoms with Gasteiger partial charge in [0.05, 0.1) is 12.2 Å². The molecule has 0 saturated heterocycles. The maximum absolute atomic E-state index is 12.0. The minimum absolute atomic E-state index is 0.322. The molecule has 0 heterocycles. The van der Waals surface area contributed by atoms with E-state index in [1.165, 1.54) is 11.1 Å². The first kappa shape index (κ1) is 17.9. The van der Waals surface area contributed by atoms with Gasteiger partial charge in [-0.2, -0.15) is 0 Å². The molecule has 0 aliphatic heterocycles. The summed E-state index contributed by atoms with van der Waals surface area (Å²) in [6, 6.07) is 13.6. The van der Waals surface area contributed by atoms with Crippen molar-refractivity contribution >= 4 is 29.0 Å². The Morgan fingerprint density at radius 1 is 1.12 bits per heavy atom. The maximum Gasteiger partial charge on any atom is 0.338 e. The lowest BCUT2D eigenvalue weighted by Gasteiger charge is -2.15. The lowest BCUT2D eigenvalue weighted by Crippen LogP contribution is -2.28. The molecule has 0 saturated carbocycles. The van der Waals surface area contributed by atoms with Crippen molar-refractivity contribution in [2.24, 2.45) is 0 Å². The molecule has 2 rings (SSSR count). The normalized spacial score (nSPS) is 10.1. The van der Waals surface area contributed by atoms with Gasteiger partial charge in [-0.3, -0.25) is 0 Å².